The summed E-state index contributed by atoms with van der Waals surface area (Å²) < 4.78 is 50.8. The SMILES string of the molecule is Cc1cnc(Nc2ccc(N3CCN(C(=O)CCC(=O)NCCCOCCOCCOCCCNC(=O)COc4cccc5c4C(=O)N(C4CCC(=O)NC4=O)C5=O)CC3)cc2)nc1Nc1cccc(S(=O)(=O)NC(C)(C)C)c1. The third-order valence-corrected chi connectivity index (χ3v) is 14.4. The molecule has 1 unspecified atom stereocenters. The number of imide groups is 2. The van der Waals surface area contributed by atoms with Crippen LogP contribution in [0.25, 0.3) is 0 Å². The number of hydrogen-bond acceptors (Lipinski definition) is 18. The summed E-state index contributed by atoms with van der Waals surface area (Å²) >= 11 is 0. The summed E-state index contributed by atoms with van der Waals surface area (Å²) in [5.41, 5.74) is 2.50. The molecule has 25 heteroatoms. The summed E-state index contributed by atoms with van der Waals surface area (Å²) in [5.74, 6) is -2.35. The number of amides is 7. The Bertz CT molecular complexity index is 2950. The number of nitrogens with zero attached hydrogens (tertiary/aromatic N) is 5. The van der Waals surface area contributed by atoms with E-state index in [9.17, 15) is 42.0 Å². The van der Waals surface area contributed by atoms with Crippen LogP contribution in [0.1, 0.15) is 85.6 Å². The van der Waals surface area contributed by atoms with Crippen molar-refractivity contribution in [1.29, 1.82) is 0 Å². The van der Waals surface area contributed by atoms with Gasteiger partial charge in [0, 0.05) is 106 Å². The first kappa shape index (κ1) is 59.1. The number of anilines is 5. The van der Waals surface area contributed by atoms with E-state index in [1.807, 2.05) is 31.2 Å². The largest absolute Gasteiger partial charge is 0.483 e. The van der Waals surface area contributed by atoms with Gasteiger partial charge in [-0.25, -0.2) is 18.1 Å². The van der Waals surface area contributed by atoms with E-state index in [0.29, 0.717) is 109 Å². The highest BCUT2D eigenvalue weighted by Gasteiger charge is 2.46. The Morgan fingerprint density at radius 2 is 1.42 bits per heavy atom. The Morgan fingerprint density at radius 1 is 0.759 bits per heavy atom. The van der Waals surface area contributed by atoms with Gasteiger partial charge in [0.1, 0.15) is 17.6 Å². The van der Waals surface area contributed by atoms with E-state index in [2.05, 4.69) is 46.2 Å². The van der Waals surface area contributed by atoms with Crippen molar-refractivity contribution in [1.82, 2.24) is 40.4 Å². The molecule has 6 N–H and O–H groups in total. The van der Waals surface area contributed by atoms with Gasteiger partial charge in [-0.05, 0) is 102 Å². The molecular weight excluding hydrogens is 1040 g/mol. The third-order valence-electron chi connectivity index (χ3n) is 12.6. The van der Waals surface area contributed by atoms with Gasteiger partial charge in [-0.15, -0.1) is 0 Å². The van der Waals surface area contributed by atoms with Crippen LogP contribution in [0.2, 0.25) is 0 Å². The Kier molecular flexibility index (Phi) is 20.8. The molecule has 2 fully saturated rings. The van der Waals surface area contributed by atoms with Crippen molar-refractivity contribution in [3.8, 4) is 5.75 Å². The lowest BCUT2D eigenvalue weighted by Gasteiger charge is -2.36. The molecule has 2 saturated heterocycles. The van der Waals surface area contributed by atoms with E-state index in [-0.39, 0.29) is 59.3 Å². The van der Waals surface area contributed by atoms with E-state index < -0.39 is 57.7 Å². The van der Waals surface area contributed by atoms with Crippen molar-refractivity contribution in [2.24, 2.45) is 0 Å². The molecule has 0 spiro atoms. The summed E-state index contributed by atoms with van der Waals surface area (Å²) in [6.45, 7) is 12.2. The zero-order chi connectivity index (χ0) is 56.5. The Morgan fingerprint density at radius 3 is 2.09 bits per heavy atom. The standard InChI is InChI=1S/C54H69N11O13S/c1-36-34-57-53(61-49(36)58-38-9-5-10-40(33-38)79(73,74)62-54(2,3)4)59-37-13-15-39(16-14-37)63-23-25-64(26-24-63)47(69)20-19-44(66)55-21-7-27-75-29-31-77-32-30-76-28-8-22-56-46(68)35-78-43-12-6-11-41-48(43)52(72)65(51(41)71)42-17-18-45(67)60-50(42)70/h5-6,9-16,33-34,42,62H,7-8,17-32,35H2,1-4H3,(H,55,66)(H,56,68)(H,60,67,70)(H2,57,58,59,61). The first-order valence-corrected chi connectivity index (χ1v) is 27.7. The fraction of sp³-hybridized carbons (Fsp3) is 0.463. The number of carbonyl (C=O) groups is 7. The highest BCUT2D eigenvalue weighted by molar-refractivity contribution is 7.89. The monoisotopic (exact) mass is 1110 g/mol. The van der Waals surface area contributed by atoms with Crippen LogP contribution in [-0.4, -0.2) is 167 Å². The van der Waals surface area contributed by atoms with Crippen LogP contribution in [0.4, 0.5) is 28.8 Å². The number of aromatic nitrogens is 2. The Labute approximate surface area is 459 Å². The molecule has 79 heavy (non-hydrogen) atoms. The molecule has 424 valence electrons. The topological polar surface area (TPSA) is 298 Å². The minimum Gasteiger partial charge on any atom is -0.483 e. The van der Waals surface area contributed by atoms with Crippen molar-refractivity contribution in [3.05, 3.63) is 89.6 Å². The average Bonchev–Trinajstić information content (AvgIpc) is 3.96. The van der Waals surface area contributed by atoms with Gasteiger partial charge in [0.15, 0.2) is 6.61 Å². The summed E-state index contributed by atoms with van der Waals surface area (Å²) in [5, 5.41) is 14.2. The highest BCUT2D eigenvalue weighted by Crippen LogP contribution is 2.34. The van der Waals surface area contributed by atoms with Gasteiger partial charge in [-0.1, -0.05) is 12.1 Å². The van der Waals surface area contributed by atoms with Crippen molar-refractivity contribution in [3.63, 3.8) is 0 Å². The van der Waals surface area contributed by atoms with Gasteiger partial charge in [-0.3, -0.25) is 43.8 Å². The molecule has 4 heterocycles. The predicted octanol–water partition coefficient (Wildman–Crippen LogP) is 3.32. The minimum absolute atomic E-state index is 0.0000677. The fourth-order valence-corrected chi connectivity index (χ4v) is 10.1. The normalized spacial score (nSPS) is 15.6. The fourth-order valence-electron chi connectivity index (χ4n) is 8.68. The van der Waals surface area contributed by atoms with E-state index in [4.69, 9.17) is 18.9 Å². The number of carbonyl (C=O) groups excluding carboxylic acids is 7. The zero-order valence-corrected chi connectivity index (χ0v) is 45.7. The summed E-state index contributed by atoms with van der Waals surface area (Å²) in [7, 11) is -3.73. The number of rotatable bonds is 28. The van der Waals surface area contributed by atoms with Crippen molar-refractivity contribution >= 4 is 80.2 Å². The van der Waals surface area contributed by atoms with Crippen LogP contribution in [-0.2, 0) is 48.2 Å². The highest BCUT2D eigenvalue weighted by atomic mass is 32.2. The van der Waals surface area contributed by atoms with Crippen LogP contribution in [0, 0.1) is 6.92 Å². The summed E-state index contributed by atoms with van der Waals surface area (Å²) in [6, 6.07) is 17.7. The van der Waals surface area contributed by atoms with Crippen molar-refractivity contribution < 1.29 is 60.9 Å². The quantitative estimate of drug-likeness (QED) is 0.0351. The van der Waals surface area contributed by atoms with Crippen LogP contribution < -0.4 is 40.9 Å². The number of ether oxygens (including phenoxy) is 4. The van der Waals surface area contributed by atoms with Gasteiger partial charge < -0.3 is 50.0 Å². The predicted molar refractivity (Wildman–Crippen MR) is 291 cm³/mol. The zero-order valence-electron chi connectivity index (χ0n) is 44.9. The molecular formula is C54H69N11O13S. The van der Waals surface area contributed by atoms with Crippen molar-refractivity contribution in [2.75, 3.05) is 101 Å². The molecule has 4 aromatic rings. The number of hydrogen-bond donors (Lipinski definition) is 6. The van der Waals surface area contributed by atoms with Crippen LogP contribution in [0.15, 0.2) is 77.8 Å². The Balaban J connectivity index is 0.670. The molecule has 1 atom stereocenters. The number of sulfonamides is 1. The molecule has 3 aliphatic heterocycles. The molecule has 0 aliphatic carbocycles. The van der Waals surface area contributed by atoms with E-state index in [1.165, 1.54) is 18.2 Å². The molecule has 3 aliphatic rings. The first-order chi connectivity index (χ1) is 37.8. The van der Waals surface area contributed by atoms with E-state index >= 15 is 0 Å². The molecule has 0 saturated carbocycles. The molecule has 7 amide bonds. The summed E-state index contributed by atoms with van der Waals surface area (Å²) in [4.78, 5) is 102. The number of benzene rings is 3. The van der Waals surface area contributed by atoms with E-state index in [0.717, 1.165) is 21.8 Å². The van der Waals surface area contributed by atoms with Crippen LogP contribution in [0.5, 0.6) is 5.75 Å². The molecule has 3 aromatic carbocycles. The maximum absolute atomic E-state index is 13.2. The number of fused-ring (bicyclic) bond motifs is 1. The maximum Gasteiger partial charge on any atom is 0.266 e. The van der Waals surface area contributed by atoms with Gasteiger partial charge in [0.05, 0.1) is 42.4 Å². The van der Waals surface area contributed by atoms with Gasteiger partial charge in [0.2, 0.25) is 39.6 Å². The van der Waals surface area contributed by atoms with Gasteiger partial charge >= 0.3 is 0 Å². The van der Waals surface area contributed by atoms with Crippen molar-refractivity contribution in [2.45, 2.75) is 82.7 Å². The lowest BCUT2D eigenvalue weighted by Crippen LogP contribution is -2.54. The van der Waals surface area contributed by atoms with Gasteiger partial charge in [0.25, 0.3) is 17.7 Å². The molecule has 24 nitrogen and oxygen atoms in total. The summed E-state index contributed by atoms with van der Waals surface area (Å²) in [6.07, 6.45) is 3.07. The second kappa shape index (κ2) is 27.8. The molecule has 7 rings (SSSR count). The first-order valence-electron chi connectivity index (χ1n) is 26.2. The number of piperazine rings is 1. The number of aryl methyl sites for hydroxylation is 1. The van der Waals surface area contributed by atoms with Gasteiger partial charge in [-0.2, -0.15) is 4.98 Å². The second-order valence-electron chi connectivity index (χ2n) is 19.9. The maximum atomic E-state index is 13.2. The lowest BCUT2D eigenvalue weighted by atomic mass is 10.0. The van der Waals surface area contributed by atoms with E-state index in [1.54, 1.807) is 56.1 Å². The second-order valence-corrected chi connectivity index (χ2v) is 21.6. The van der Waals surface area contributed by atoms with Crippen LogP contribution in [0.3, 0.4) is 0 Å². The van der Waals surface area contributed by atoms with Crippen LogP contribution >= 0.6 is 0 Å². The smallest absolute Gasteiger partial charge is 0.266 e. The third kappa shape index (κ3) is 17.2. The lowest BCUT2D eigenvalue weighted by molar-refractivity contribution is -0.136. The minimum atomic E-state index is -3.73. The Hall–Kier alpha value is -7.58. The number of nitrogens with one attached hydrogen (secondary N) is 6. The molecule has 0 bridgehead atoms. The molecule has 0 radical (unpaired) electrons. The average molecular weight is 1110 g/mol. The number of piperidine rings is 1. The molecule has 1 aromatic heterocycles.